The molecule has 1 atom stereocenters. The van der Waals surface area contributed by atoms with Crippen molar-refractivity contribution >= 4 is 17.5 Å². The van der Waals surface area contributed by atoms with E-state index in [9.17, 15) is 9.18 Å². The molecule has 0 fully saturated rings. The predicted molar refractivity (Wildman–Crippen MR) is 62.9 cm³/mol. The summed E-state index contributed by atoms with van der Waals surface area (Å²) in [6, 6.07) is 4.92. The molecule has 1 N–H and O–H groups in total. The van der Waals surface area contributed by atoms with Gasteiger partial charge in [-0.2, -0.15) is 0 Å². The Morgan fingerprint density at radius 1 is 1.56 bits per heavy atom. The average molecular weight is 244 g/mol. The van der Waals surface area contributed by atoms with Crippen LogP contribution in [-0.4, -0.2) is 11.8 Å². The molecule has 0 aromatic heterocycles. The highest BCUT2D eigenvalue weighted by molar-refractivity contribution is 6.19. The van der Waals surface area contributed by atoms with E-state index in [2.05, 4.69) is 5.32 Å². The maximum atomic E-state index is 13.2. The first-order valence-corrected chi connectivity index (χ1v) is 5.66. The summed E-state index contributed by atoms with van der Waals surface area (Å²) in [6.07, 6.45) is 0. The Hall–Kier alpha value is -1.09. The van der Waals surface area contributed by atoms with E-state index in [0.717, 1.165) is 5.56 Å². The number of hydrogen-bond acceptors (Lipinski definition) is 1. The summed E-state index contributed by atoms with van der Waals surface area (Å²) in [5, 5.41) is 2.71. The number of amides is 1. The maximum Gasteiger partial charge on any atom is 0.224 e. The van der Waals surface area contributed by atoms with Crippen molar-refractivity contribution < 1.29 is 9.18 Å². The van der Waals surface area contributed by atoms with Crippen LogP contribution in [0.3, 0.4) is 0 Å². The molecule has 4 heteroatoms. The molecule has 16 heavy (non-hydrogen) atoms. The van der Waals surface area contributed by atoms with Gasteiger partial charge in [-0.25, -0.2) is 4.39 Å². The third kappa shape index (κ3) is 3.49. The largest absolute Gasteiger partial charge is 0.352 e. The molecule has 0 saturated heterocycles. The van der Waals surface area contributed by atoms with Gasteiger partial charge in [0.25, 0.3) is 0 Å². The van der Waals surface area contributed by atoms with Crippen molar-refractivity contribution in [1.82, 2.24) is 5.32 Å². The number of nitrogens with one attached hydrogen (secondary N) is 1. The Balaban J connectivity index is 2.55. The van der Waals surface area contributed by atoms with E-state index in [1.54, 1.807) is 26.0 Å². The molecule has 0 bridgehead atoms. The number of carbonyl (C=O) groups excluding carboxylic acids is 1. The van der Waals surface area contributed by atoms with Crippen LogP contribution in [0.5, 0.6) is 0 Å². The average Bonchev–Trinajstić information content (AvgIpc) is 2.29. The van der Waals surface area contributed by atoms with Crippen LogP contribution < -0.4 is 5.32 Å². The minimum absolute atomic E-state index is 0.115. The topological polar surface area (TPSA) is 29.1 Å². The van der Waals surface area contributed by atoms with E-state index in [4.69, 9.17) is 11.6 Å². The molecule has 0 aliphatic rings. The Bertz CT molecular complexity index is 381. The highest BCUT2D eigenvalue weighted by Crippen LogP contribution is 2.09. The fraction of sp³-hybridized carbons (Fsp3) is 0.417. The van der Waals surface area contributed by atoms with Crippen LogP contribution >= 0.6 is 11.6 Å². The van der Waals surface area contributed by atoms with E-state index in [-0.39, 0.29) is 23.5 Å². The molecule has 2 nitrogen and oxygen atoms in total. The van der Waals surface area contributed by atoms with E-state index >= 15 is 0 Å². The van der Waals surface area contributed by atoms with Gasteiger partial charge in [-0.3, -0.25) is 4.79 Å². The molecule has 1 unspecified atom stereocenters. The zero-order chi connectivity index (χ0) is 12.1. The van der Waals surface area contributed by atoms with Gasteiger partial charge in [0.1, 0.15) is 5.82 Å². The number of hydrogen-bond donors (Lipinski definition) is 1. The first-order valence-electron chi connectivity index (χ1n) is 5.13. The number of aryl methyl sites for hydroxylation is 1. The fourth-order valence-electron chi connectivity index (χ4n) is 1.18. The molecule has 1 rings (SSSR count). The van der Waals surface area contributed by atoms with Crippen molar-refractivity contribution in [3.8, 4) is 0 Å². The standard InChI is InChI=1S/C12H15ClFNO/c1-8-3-4-10(5-11(8)14)7-15-12(16)9(2)6-13/h3-5,9H,6-7H2,1-2H3,(H,15,16). The highest BCUT2D eigenvalue weighted by Gasteiger charge is 2.10. The molecule has 0 heterocycles. The summed E-state index contributed by atoms with van der Waals surface area (Å²) in [5.41, 5.74) is 1.35. The second-order valence-electron chi connectivity index (χ2n) is 3.86. The molecular formula is C12H15ClFNO. The van der Waals surface area contributed by atoms with Gasteiger partial charge in [0.15, 0.2) is 0 Å². The molecule has 0 spiro atoms. The van der Waals surface area contributed by atoms with Crippen molar-refractivity contribution in [2.24, 2.45) is 5.92 Å². The van der Waals surface area contributed by atoms with Crippen molar-refractivity contribution in [3.05, 3.63) is 35.1 Å². The monoisotopic (exact) mass is 243 g/mol. The van der Waals surface area contributed by atoms with Crippen molar-refractivity contribution in [3.63, 3.8) is 0 Å². The lowest BCUT2D eigenvalue weighted by atomic mass is 10.1. The molecule has 0 saturated carbocycles. The summed E-state index contributed by atoms with van der Waals surface area (Å²) in [6.45, 7) is 3.78. The number of carbonyl (C=O) groups is 1. The van der Waals surface area contributed by atoms with Crippen molar-refractivity contribution in [2.75, 3.05) is 5.88 Å². The van der Waals surface area contributed by atoms with Gasteiger partial charge < -0.3 is 5.32 Å². The minimum atomic E-state index is -0.253. The fourth-order valence-corrected chi connectivity index (χ4v) is 1.32. The van der Waals surface area contributed by atoms with Crippen molar-refractivity contribution in [2.45, 2.75) is 20.4 Å². The van der Waals surface area contributed by atoms with Gasteiger partial charge in [-0.05, 0) is 24.1 Å². The summed E-state index contributed by atoms with van der Waals surface area (Å²) < 4.78 is 13.2. The summed E-state index contributed by atoms with van der Waals surface area (Å²) in [5.74, 6) is -0.307. The summed E-state index contributed by atoms with van der Waals surface area (Å²) in [7, 11) is 0. The Morgan fingerprint density at radius 2 is 2.25 bits per heavy atom. The first kappa shape index (κ1) is 13.0. The molecule has 0 aliphatic carbocycles. The van der Waals surface area contributed by atoms with Crippen LogP contribution in [0.15, 0.2) is 18.2 Å². The van der Waals surface area contributed by atoms with Gasteiger partial charge in [-0.15, -0.1) is 11.6 Å². The van der Waals surface area contributed by atoms with Gasteiger partial charge in [0.05, 0.1) is 0 Å². The molecular weight excluding hydrogens is 229 g/mol. The van der Waals surface area contributed by atoms with Crippen molar-refractivity contribution in [1.29, 1.82) is 0 Å². The maximum absolute atomic E-state index is 13.2. The smallest absolute Gasteiger partial charge is 0.224 e. The van der Waals surface area contributed by atoms with Gasteiger partial charge >= 0.3 is 0 Å². The predicted octanol–water partition coefficient (Wildman–Crippen LogP) is 2.63. The van der Waals surface area contributed by atoms with Gasteiger partial charge in [0.2, 0.25) is 5.91 Å². The van der Waals surface area contributed by atoms with Crippen LogP contribution in [-0.2, 0) is 11.3 Å². The zero-order valence-corrected chi connectivity index (χ0v) is 10.1. The summed E-state index contributed by atoms with van der Waals surface area (Å²) in [4.78, 5) is 11.4. The van der Waals surface area contributed by atoms with Crippen LogP contribution in [0.4, 0.5) is 4.39 Å². The Kier molecular flexibility index (Phi) is 4.74. The van der Waals surface area contributed by atoms with E-state index in [1.165, 1.54) is 6.07 Å². The second-order valence-corrected chi connectivity index (χ2v) is 4.17. The number of benzene rings is 1. The number of halogens is 2. The zero-order valence-electron chi connectivity index (χ0n) is 9.39. The van der Waals surface area contributed by atoms with E-state index in [0.29, 0.717) is 12.1 Å². The van der Waals surface area contributed by atoms with Crippen LogP contribution in [0.25, 0.3) is 0 Å². The van der Waals surface area contributed by atoms with Crippen LogP contribution in [0.2, 0.25) is 0 Å². The summed E-state index contributed by atoms with van der Waals surface area (Å²) >= 11 is 5.55. The lowest BCUT2D eigenvalue weighted by Gasteiger charge is -2.09. The Morgan fingerprint density at radius 3 is 2.81 bits per heavy atom. The molecule has 1 aromatic carbocycles. The highest BCUT2D eigenvalue weighted by atomic mass is 35.5. The quantitative estimate of drug-likeness (QED) is 0.810. The normalized spacial score (nSPS) is 12.2. The minimum Gasteiger partial charge on any atom is -0.352 e. The van der Waals surface area contributed by atoms with Gasteiger partial charge in [-0.1, -0.05) is 19.1 Å². The number of alkyl halides is 1. The van der Waals surface area contributed by atoms with Crippen LogP contribution in [0, 0.1) is 18.7 Å². The molecule has 1 aromatic rings. The van der Waals surface area contributed by atoms with Crippen LogP contribution in [0.1, 0.15) is 18.1 Å². The lowest BCUT2D eigenvalue weighted by Crippen LogP contribution is -2.29. The lowest BCUT2D eigenvalue weighted by molar-refractivity contribution is -0.124. The third-order valence-electron chi connectivity index (χ3n) is 2.38. The third-order valence-corrected chi connectivity index (χ3v) is 2.84. The van der Waals surface area contributed by atoms with E-state index < -0.39 is 0 Å². The number of rotatable bonds is 4. The second kappa shape index (κ2) is 5.85. The Labute approximate surface area is 99.8 Å². The van der Waals surface area contributed by atoms with E-state index in [1.807, 2.05) is 0 Å². The SMILES string of the molecule is Cc1ccc(CNC(=O)C(C)CCl)cc1F. The molecule has 0 aliphatic heterocycles. The first-order chi connectivity index (χ1) is 7.54. The molecule has 1 amide bonds. The molecule has 0 radical (unpaired) electrons. The molecule has 88 valence electrons. The van der Waals surface area contributed by atoms with Gasteiger partial charge in [0, 0.05) is 18.3 Å².